The number of rotatable bonds is 9. The summed E-state index contributed by atoms with van der Waals surface area (Å²) < 4.78 is 10.5. The highest BCUT2D eigenvalue weighted by molar-refractivity contribution is 7.90. The summed E-state index contributed by atoms with van der Waals surface area (Å²) in [6, 6.07) is 15.3. The second kappa shape index (κ2) is 11.4. The van der Waals surface area contributed by atoms with Crippen LogP contribution >= 0.6 is 12.3 Å². The van der Waals surface area contributed by atoms with Crippen LogP contribution in [0.2, 0.25) is 0 Å². The molecule has 0 aromatic heterocycles. The van der Waals surface area contributed by atoms with E-state index in [4.69, 9.17) is 8.37 Å². The van der Waals surface area contributed by atoms with Gasteiger partial charge in [-0.3, -0.25) is 9.59 Å². The van der Waals surface area contributed by atoms with Crippen molar-refractivity contribution in [2.75, 3.05) is 5.32 Å². The first-order valence-corrected chi connectivity index (χ1v) is 12.1. The van der Waals surface area contributed by atoms with E-state index < -0.39 is 5.97 Å². The lowest BCUT2D eigenvalue weighted by Crippen LogP contribution is -2.38. The van der Waals surface area contributed by atoms with Gasteiger partial charge in [-0.1, -0.05) is 69.5 Å². The molecule has 0 aliphatic heterocycles. The molecule has 0 spiro atoms. The number of amides is 1. The van der Waals surface area contributed by atoms with Crippen molar-refractivity contribution in [1.29, 1.82) is 0 Å². The summed E-state index contributed by atoms with van der Waals surface area (Å²) in [4.78, 5) is 24.7. The van der Waals surface area contributed by atoms with E-state index in [1.54, 1.807) is 0 Å². The molecule has 1 amide bonds. The molecule has 6 heteroatoms. The molecule has 0 atom stereocenters. The summed E-state index contributed by atoms with van der Waals surface area (Å²) in [6.07, 6.45) is 7.31. The Morgan fingerprint density at radius 3 is 2.34 bits per heavy atom. The highest BCUT2D eigenvalue weighted by Crippen LogP contribution is 2.43. The Hall–Kier alpha value is -2.47. The van der Waals surface area contributed by atoms with Crippen LogP contribution in [-0.2, 0) is 13.8 Å². The Kier molecular flexibility index (Phi) is 8.62. The van der Waals surface area contributed by atoms with Gasteiger partial charge in [0.2, 0.25) is 5.91 Å². The highest BCUT2D eigenvalue weighted by atomic mass is 32.2. The molecule has 1 aliphatic rings. The molecule has 0 heterocycles. The van der Waals surface area contributed by atoms with Gasteiger partial charge in [-0.25, -0.2) is 0 Å². The number of hydrogen-bond donors (Lipinski definition) is 1. The van der Waals surface area contributed by atoms with Gasteiger partial charge in [0.1, 0.15) is 5.75 Å². The first kappa shape index (κ1) is 24.2. The number of carbonyl (C=O) groups is 2. The second-order valence-corrected chi connectivity index (χ2v) is 9.47. The molecule has 1 N–H and O–H groups in total. The number of para-hydroxylation sites is 2. The van der Waals surface area contributed by atoms with Crippen molar-refractivity contribution in [2.45, 2.75) is 65.7 Å². The van der Waals surface area contributed by atoms with Crippen LogP contribution in [0.5, 0.6) is 5.75 Å². The maximum atomic E-state index is 13.6. The third-order valence-electron chi connectivity index (χ3n) is 6.12. The van der Waals surface area contributed by atoms with Gasteiger partial charge < -0.3 is 13.7 Å². The number of nitrogens with one attached hydrogen (secondary N) is 1. The molecule has 32 heavy (non-hydrogen) atoms. The largest absolute Gasteiger partial charge is 0.391 e. The number of hydrogen-bond acceptors (Lipinski definition) is 5. The van der Waals surface area contributed by atoms with Crippen molar-refractivity contribution >= 4 is 29.9 Å². The Balaban J connectivity index is 1.85. The van der Waals surface area contributed by atoms with Gasteiger partial charge in [0.15, 0.2) is 0 Å². The van der Waals surface area contributed by atoms with Crippen molar-refractivity contribution in [3.8, 4) is 16.9 Å². The second-order valence-electron chi connectivity index (χ2n) is 9.00. The van der Waals surface area contributed by atoms with Gasteiger partial charge in [0.05, 0.1) is 0 Å². The molecule has 2 aromatic rings. The van der Waals surface area contributed by atoms with Gasteiger partial charge in [-0.15, -0.1) is 0 Å². The fourth-order valence-corrected chi connectivity index (χ4v) is 4.68. The van der Waals surface area contributed by atoms with E-state index in [1.807, 2.05) is 48.5 Å². The van der Waals surface area contributed by atoms with Crippen molar-refractivity contribution in [1.82, 2.24) is 0 Å². The van der Waals surface area contributed by atoms with Crippen LogP contribution in [0.15, 0.2) is 48.5 Å². The van der Waals surface area contributed by atoms with Crippen LogP contribution in [0.3, 0.4) is 0 Å². The maximum Gasteiger partial charge on any atom is 0.317 e. The lowest BCUT2D eigenvalue weighted by atomic mass is 9.69. The maximum absolute atomic E-state index is 13.6. The van der Waals surface area contributed by atoms with E-state index in [0.29, 0.717) is 24.0 Å². The fourth-order valence-electron chi connectivity index (χ4n) is 4.33. The third kappa shape index (κ3) is 6.28. The highest BCUT2D eigenvalue weighted by Gasteiger charge is 2.39. The molecule has 0 unspecified atom stereocenters. The number of carbonyl (C=O) groups excluding carboxylic acids is 2. The van der Waals surface area contributed by atoms with Crippen molar-refractivity contribution < 1.29 is 18.0 Å². The summed E-state index contributed by atoms with van der Waals surface area (Å²) in [5.74, 6) is 0.831. The molecular weight excluding hydrogens is 422 g/mol. The molecule has 1 aliphatic carbocycles. The molecular formula is C26H33NO4S. The van der Waals surface area contributed by atoms with E-state index in [2.05, 4.69) is 19.2 Å². The van der Waals surface area contributed by atoms with Crippen LogP contribution < -0.4 is 9.50 Å². The molecule has 2 aromatic carbocycles. The Morgan fingerprint density at radius 1 is 1.00 bits per heavy atom. The SMILES string of the molecule is CC(=O)OSOc1ccccc1-c1ccccc1NC(=O)C1(CCC(C)C)CCCCC1. The summed E-state index contributed by atoms with van der Waals surface area (Å²) in [6.45, 7) is 5.76. The molecule has 1 saturated carbocycles. The lowest BCUT2D eigenvalue weighted by molar-refractivity contribution is -0.131. The minimum absolute atomic E-state index is 0.123. The monoisotopic (exact) mass is 455 g/mol. The standard InChI is InChI=1S/C26H33NO4S/c1-19(2)15-18-26(16-9-4-10-17-26)25(29)27-23-13-7-5-11-21(23)22-12-6-8-14-24(22)31-32-30-20(3)28/h5-8,11-14,19H,4,9-10,15-18H2,1-3H3,(H,27,29). The van der Waals surface area contributed by atoms with Crippen LogP contribution in [0, 0.1) is 11.3 Å². The van der Waals surface area contributed by atoms with Gasteiger partial charge in [0.25, 0.3) is 12.3 Å². The fraction of sp³-hybridized carbons (Fsp3) is 0.462. The average molecular weight is 456 g/mol. The first-order chi connectivity index (χ1) is 15.4. The van der Waals surface area contributed by atoms with Crippen molar-refractivity contribution in [3.05, 3.63) is 48.5 Å². The molecule has 3 rings (SSSR count). The molecule has 1 fully saturated rings. The van der Waals surface area contributed by atoms with Gasteiger partial charge >= 0.3 is 5.97 Å². The smallest absolute Gasteiger partial charge is 0.317 e. The van der Waals surface area contributed by atoms with E-state index in [1.165, 1.54) is 13.3 Å². The molecule has 0 bridgehead atoms. The number of anilines is 1. The average Bonchev–Trinajstić information content (AvgIpc) is 2.79. The van der Waals surface area contributed by atoms with Crippen LogP contribution in [0.1, 0.15) is 65.7 Å². The minimum atomic E-state index is -0.431. The summed E-state index contributed by atoms with van der Waals surface area (Å²) in [5.41, 5.74) is 2.16. The Morgan fingerprint density at radius 2 is 1.66 bits per heavy atom. The molecule has 0 radical (unpaired) electrons. The van der Waals surface area contributed by atoms with E-state index in [0.717, 1.165) is 55.3 Å². The van der Waals surface area contributed by atoms with E-state index in [-0.39, 0.29) is 11.3 Å². The molecule has 5 nitrogen and oxygen atoms in total. The van der Waals surface area contributed by atoms with Crippen LogP contribution in [0.25, 0.3) is 11.1 Å². The van der Waals surface area contributed by atoms with Crippen molar-refractivity contribution in [3.63, 3.8) is 0 Å². The molecule has 172 valence electrons. The topological polar surface area (TPSA) is 64.6 Å². The zero-order chi connectivity index (χ0) is 23.0. The predicted molar refractivity (Wildman–Crippen MR) is 130 cm³/mol. The quantitative estimate of drug-likeness (QED) is 0.406. The van der Waals surface area contributed by atoms with Gasteiger partial charge in [0, 0.05) is 29.2 Å². The Bertz CT molecular complexity index is 922. The van der Waals surface area contributed by atoms with Crippen LogP contribution in [0.4, 0.5) is 5.69 Å². The van der Waals surface area contributed by atoms with Gasteiger partial charge in [-0.05, 0) is 43.7 Å². The molecule has 0 saturated heterocycles. The minimum Gasteiger partial charge on any atom is -0.391 e. The number of benzene rings is 2. The zero-order valence-corrected chi connectivity index (χ0v) is 20.0. The van der Waals surface area contributed by atoms with Gasteiger partial charge in [-0.2, -0.15) is 0 Å². The lowest BCUT2D eigenvalue weighted by Gasteiger charge is -2.36. The predicted octanol–water partition coefficient (Wildman–Crippen LogP) is 7.18. The van der Waals surface area contributed by atoms with E-state index in [9.17, 15) is 9.59 Å². The summed E-state index contributed by atoms with van der Waals surface area (Å²) >= 11 is 0.637. The van der Waals surface area contributed by atoms with Crippen molar-refractivity contribution in [2.24, 2.45) is 11.3 Å². The van der Waals surface area contributed by atoms with Crippen LogP contribution in [-0.4, -0.2) is 11.9 Å². The van der Waals surface area contributed by atoms with E-state index >= 15 is 0 Å². The zero-order valence-electron chi connectivity index (χ0n) is 19.2. The normalized spacial score (nSPS) is 15.2. The third-order valence-corrected chi connectivity index (χ3v) is 6.67. The summed E-state index contributed by atoms with van der Waals surface area (Å²) in [7, 11) is 0. The first-order valence-electron chi connectivity index (χ1n) is 11.4. The Labute approximate surface area is 195 Å². The summed E-state index contributed by atoms with van der Waals surface area (Å²) in [5, 5.41) is 3.26.